The third-order valence-corrected chi connectivity index (χ3v) is 5.97. The molecule has 0 spiro atoms. The van der Waals surface area contributed by atoms with E-state index in [1.807, 2.05) is 13.8 Å². The van der Waals surface area contributed by atoms with Crippen molar-refractivity contribution in [1.29, 1.82) is 0 Å². The Morgan fingerprint density at radius 3 is 2.26 bits per heavy atom. The largest absolute Gasteiger partial charge is 0.462 e. The fourth-order valence-electron chi connectivity index (χ4n) is 2.91. The minimum absolute atomic E-state index is 0.00593. The van der Waals surface area contributed by atoms with E-state index in [1.165, 1.54) is 0 Å². The molecule has 5 nitrogen and oxygen atoms in total. The minimum Gasteiger partial charge on any atom is -0.462 e. The van der Waals surface area contributed by atoms with Gasteiger partial charge in [-0.05, 0) is 62.1 Å². The summed E-state index contributed by atoms with van der Waals surface area (Å²) in [5.41, 5.74) is 7.70. The van der Waals surface area contributed by atoms with Crippen LogP contribution in [0.5, 0.6) is 0 Å². The summed E-state index contributed by atoms with van der Waals surface area (Å²) >= 11 is 0. The molecule has 0 fully saturated rings. The van der Waals surface area contributed by atoms with Gasteiger partial charge in [0.2, 0.25) is 9.84 Å². The fraction of sp³-hybridized carbons (Fsp3) is 0.381. The van der Waals surface area contributed by atoms with Crippen molar-refractivity contribution in [3.05, 3.63) is 59.2 Å². The van der Waals surface area contributed by atoms with Gasteiger partial charge in [0.25, 0.3) is 0 Å². The lowest BCUT2D eigenvalue weighted by molar-refractivity contribution is 0.0522. The maximum atomic E-state index is 13.2. The molecule has 2 aromatic rings. The number of sulfone groups is 1. The summed E-state index contributed by atoms with van der Waals surface area (Å²) in [6, 6.07) is 11.5. The molecule has 0 aliphatic rings. The van der Waals surface area contributed by atoms with E-state index in [4.69, 9.17) is 10.5 Å². The van der Waals surface area contributed by atoms with E-state index in [-0.39, 0.29) is 28.0 Å². The lowest BCUT2D eigenvalue weighted by Gasteiger charge is -2.13. The average molecular weight is 390 g/mol. The molecule has 6 heteroatoms. The van der Waals surface area contributed by atoms with Crippen molar-refractivity contribution in [2.75, 3.05) is 6.61 Å². The summed E-state index contributed by atoms with van der Waals surface area (Å²) in [7, 11) is -3.85. The van der Waals surface area contributed by atoms with Gasteiger partial charge in [-0.2, -0.15) is 0 Å². The molecule has 0 aliphatic carbocycles. The first-order chi connectivity index (χ1) is 12.8. The fourth-order valence-corrected chi connectivity index (χ4v) is 4.41. The maximum Gasteiger partial charge on any atom is 0.339 e. The topological polar surface area (TPSA) is 86.5 Å². The molecule has 2 N–H and O–H groups in total. The van der Waals surface area contributed by atoms with E-state index in [2.05, 4.69) is 0 Å². The number of carbonyl (C=O) groups excluding carboxylic acids is 1. The number of hydrogen-bond acceptors (Lipinski definition) is 5. The van der Waals surface area contributed by atoms with Gasteiger partial charge in [-0.3, -0.25) is 0 Å². The highest BCUT2D eigenvalue weighted by Gasteiger charge is 2.25. The molecule has 0 amide bonds. The molecule has 2 rings (SSSR count). The average Bonchev–Trinajstić information content (AvgIpc) is 2.62. The molecule has 146 valence electrons. The highest BCUT2D eigenvalue weighted by atomic mass is 32.2. The first kappa shape index (κ1) is 21.1. The van der Waals surface area contributed by atoms with Crippen molar-refractivity contribution in [1.82, 2.24) is 0 Å². The third kappa shape index (κ3) is 5.17. The van der Waals surface area contributed by atoms with Crippen LogP contribution in [0, 0.1) is 0 Å². The number of esters is 1. The van der Waals surface area contributed by atoms with E-state index < -0.39 is 15.8 Å². The van der Waals surface area contributed by atoms with E-state index in [9.17, 15) is 13.2 Å². The summed E-state index contributed by atoms with van der Waals surface area (Å²) in [5.74, 6) is -0.632. The van der Waals surface area contributed by atoms with Gasteiger partial charge in [-0.15, -0.1) is 0 Å². The normalized spacial score (nSPS) is 12.6. The van der Waals surface area contributed by atoms with Gasteiger partial charge in [0.1, 0.15) is 0 Å². The lowest BCUT2D eigenvalue weighted by atomic mass is 10.1. The van der Waals surface area contributed by atoms with Crippen molar-refractivity contribution in [2.24, 2.45) is 5.73 Å². The molecule has 27 heavy (non-hydrogen) atoms. The third-order valence-electron chi connectivity index (χ3n) is 4.16. The molecule has 2 aromatic carbocycles. The van der Waals surface area contributed by atoms with Crippen LogP contribution in [0.4, 0.5) is 0 Å². The van der Waals surface area contributed by atoms with Crippen molar-refractivity contribution < 1.29 is 17.9 Å². The zero-order valence-electron chi connectivity index (χ0n) is 16.1. The first-order valence-electron chi connectivity index (χ1n) is 9.19. The minimum atomic E-state index is -3.85. The van der Waals surface area contributed by atoms with Crippen molar-refractivity contribution in [3.8, 4) is 0 Å². The van der Waals surface area contributed by atoms with E-state index in [0.717, 1.165) is 24.0 Å². The lowest BCUT2D eigenvalue weighted by Crippen LogP contribution is -2.17. The van der Waals surface area contributed by atoms with Crippen LogP contribution in [-0.2, 0) is 27.4 Å². The summed E-state index contributed by atoms with van der Waals surface area (Å²) in [4.78, 5) is 12.4. The molecule has 0 radical (unpaired) electrons. The smallest absolute Gasteiger partial charge is 0.339 e. The standard InChI is InChI=1S/C21H27NO4S/c1-4-6-16-9-12-19(21(23)26-5-2)20(14-16)27(24,25)18-10-7-17(8-11-18)13-15(3)22/h7-12,14-15H,4-6,13,22H2,1-3H3/t15-/m1/s1. The Kier molecular flexibility index (Phi) is 7.16. The number of nitrogens with two attached hydrogens (primary N) is 1. The highest BCUT2D eigenvalue weighted by Crippen LogP contribution is 2.27. The van der Waals surface area contributed by atoms with Crippen LogP contribution in [0.3, 0.4) is 0 Å². The van der Waals surface area contributed by atoms with Crippen LogP contribution in [0.1, 0.15) is 48.7 Å². The summed E-state index contributed by atoms with van der Waals surface area (Å²) in [6.45, 7) is 5.79. The quantitative estimate of drug-likeness (QED) is 0.698. The molecule has 1 atom stereocenters. The zero-order valence-corrected chi connectivity index (χ0v) is 16.9. The number of hydrogen-bond donors (Lipinski definition) is 1. The van der Waals surface area contributed by atoms with Crippen LogP contribution in [-0.4, -0.2) is 27.0 Å². The Hall–Kier alpha value is -2.18. The van der Waals surface area contributed by atoms with Crippen molar-refractivity contribution in [3.63, 3.8) is 0 Å². The number of rotatable bonds is 8. The number of ether oxygens (including phenoxy) is 1. The van der Waals surface area contributed by atoms with E-state index >= 15 is 0 Å². The SMILES string of the molecule is CCCc1ccc(C(=O)OCC)c(S(=O)(=O)c2ccc(C[C@@H](C)N)cc2)c1. The van der Waals surface area contributed by atoms with Gasteiger partial charge in [0, 0.05) is 6.04 Å². The zero-order chi connectivity index (χ0) is 20.0. The Bertz CT molecular complexity index is 887. The molecule has 0 aliphatic heterocycles. The van der Waals surface area contributed by atoms with E-state index in [0.29, 0.717) is 6.42 Å². The Labute approximate surface area is 161 Å². The second kappa shape index (κ2) is 9.15. The highest BCUT2D eigenvalue weighted by molar-refractivity contribution is 7.91. The summed E-state index contributed by atoms with van der Waals surface area (Å²) in [6.07, 6.45) is 2.28. The monoisotopic (exact) mass is 389 g/mol. The van der Waals surface area contributed by atoms with Crippen LogP contribution >= 0.6 is 0 Å². The van der Waals surface area contributed by atoms with Crippen LogP contribution in [0.2, 0.25) is 0 Å². The number of aryl methyl sites for hydroxylation is 1. The second-order valence-electron chi connectivity index (χ2n) is 6.63. The summed E-state index contributed by atoms with van der Waals surface area (Å²) < 4.78 is 31.5. The molecule has 0 heterocycles. The van der Waals surface area contributed by atoms with Gasteiger partial charge in [0.15, 0.2) is 0 Å². The summed E-state index contributed by atoms with van der Waals surface area (Å²) in [5, 5.41) is 0. The van der Waals surface area contributed by atoms with Crippen LogP contribution in [0.15, 0.2) is 52.3 Å². The number of benzene rings is 2. The van der Waals surface area contributed by atoms with Crippen LogP contribution in [0.25, 0.3) is 0 Å². The Balaban J connectivity index is 2.51. The predicted molar refractivity (Wildman–Crippen MR) is 106 cm³/mol. The Morgan fingerprint density at radius 2 is 1.70 bits per heavy atom. The van der Waals surface area contributed by atoms with E-state index in [1.54, 1.807) is 49.4 Å². The molecular formula is C21H27NO4S. The Morgan fingerprint density at radius 1 is 1.07 bits per heavy atom. The predicted octanol–water partition coefficient (Wildman–Crippen LogP) is 3.54. The van der Waals surface area contributed by atoms with Gasteiger partial charge in [-0.25, -0.2) is 13.2 Å². The molecule has 0 bridgehead atoms. The van der Waals surface area contributed by atoms with Gasteiger partial charge >= 0.3 is 5.97 Å². The molecule has 0 saturated carbocycles. The molecular weight excluding hydrogens is 362 g/mol. The molecule has 0 aromatic heterocycles. The van der Waals surface area contributed by atoms with Gasteiger partial charge in [0.05, 0.1) is 22.0 Å². The molecule has 0 saturated heterocycles. The molecule has 0 unspecified atom stereocenters. The second-order valence-corrected chi connectivity index (χ2v) is 8.55. The number of carbonyl (C=O) groups is 1. The van der Waals surface area contributed by atoms with Crippen molar-refractivity contribution >= 4 is 15.8 Å². The first-order valence-corrected chi connectivity index (χ1v) is 10.7. The van der Waals surface area contributed by atoms with Gasteiger partial charge in [-0.1, -0.05) is 31.5 Å². The van der Waals surface area contributed by atoms with Gasteiger partial charge < -0.3 is 10.5 Å². The maximum absolute atomic E-state index is 13.2. The van der Waals surface area contributed by atoms with Crippen LogP contribution < -0.4 is 5.73 Å². The van der Waals surface area contributed by atoms with Crippen molar-refractivity contribution in [2.45, 2.75) is 55.9 Å².